The Balaban J connectivity index is 1.13. The van der Waals surface area contributed by atoms with Crippen LogP contribution in [-0.2, 0) is 0 Å². The van der Waals surface area contributed by atoms with Crippen LogP contribution in [0.15, 0.2) is 58.6 Å². The van der Waals surface area contributed by atoms with Crippen molar-refractivity contribution in [2.75, 3.05) is 11.9 Å². The van der Waals surface area contributed by atoms with Gasteiger partial charge >= 0.3 is 0 Å². The van der Waals surface area contributed by atoms with Gasteiger partial charge in [-0.3, -0.25) is 0 Å². The van der Waals surface area contributed by atoms with Crippen LogP contribution in [0, 0.1) is 0 Å². The molecule has 172 valence electrons. The van der Waals surface area contributed by atoms with E-state index in [1.807, 2.05) is 24.2 Å². The Kier molecular flexibility index (Phi) is 4.98. The van der Waals surface area contributed by atoms with Crippen molar-refractivity contribution in [3.8, 4) is 22.5 Å². The summed E-state index contributed by atoms with van der Waals surface area (Å²) in [6, 6.07) is 13.6. The summed E-state index contributed by atoms with van der Waals surface area (Å²) < 4.78 is 0. The van der Waals surface area contributed by atoms with E-state index in [0.717, 1.165) is 47.4 Å². The molecule has 6 nitrogen and oxygen atoms in total. The SMILES string of the molecule is c1cc2c(cc1-c1cnc(C3CCCC3)[nH]1)Nc1ccc(-c3cnc(C4CCCN4)[nH]3)cc1S2. The van der Waals surface area contributed by atoms with Gasteiger partial charge in [0.25, 0.3) is 0 Å². The van der Waals surface area contributed by atoms with Crippen molar-refractivity contribution in [3.05, 3.63) is 60.4 Å². The molecule has 2 aromatic carbocycles. The van der Waals surface area contributed by atoms with Gasteiger partial charge in [-0.15, -0.1) is 0 Å². The van der Waals surface area contributed by atoms with Crippen LogP contribution < -0.4 is 10.6 Å². The van der Waals surface area contributed by atoms with Gasteiger partial charge in [-0.05, 0) is 56.5 Å². The van der Waals surface area contributed by atoms with Crippen molar-refractivity contribution in [1.82, 2.24) is 25.3 Å². The minimum Gasteiger partial charge on any atom is -0.354 e. The molecule has 1 saturated carbocycles. The predicted octanol–water partition coefficient (Wildman–Crippen LogP) is 6.76. The van der Waals surface area contributed by atoms with Gasteiger partial charge < -0.3 is 20.6 Å². The van der Waals surface area contributed by atoms with Crippen molar-refractivity contribution in [1.29, 1.82) is 0 Å². The number of nitrogens with one attached hydrogen (secondary N) is 4. The lowest BCUT2D eigenvalue weighted by Gasteiger charge is -2.22. The van der Waals surface area contributed by atoms with Gasteiger partial charge in [-0.2, -0.15) is 0 Å². The van der Waals surface area contributed by atoms with E-state index in [9.17, 15) is 0 Å². The molecule has 3 aliphatic rings. The quantitative estimate of drug-likeness (QED) is 0.234. The molecule has 2 aliphatic heterocycles. The van der Waals surface area contributed by atoms with Crippen molar-refractivity contribution >= 4 is 23.1 Å². The minimum atomic E-state index is 0.354. The maximum atomic E-state index is 4.69. The summed E-state index contributed by atoms with van der Waals surface area (Å²) in [7, 11) is 0. The highest BCUT2D eigenvalue weighted by molar-refractivity contribution is 7.99. The lowest BCUT2D eigenvalue weighted by atomic mass is 10.1. The molecular formula is C27H28N6S. The van der Waals surface area contributed by atoms with Crippen LogP contribution in [0.4, 0.5) is 11.4 Å². The van der Waals surface area contributed by atoms with E-state index in [-0.39, 0.29) is 0 Å². The molecule has 0 bridgehead atoms. The van der Waals surface area contributed by atoms with E-state index in [0.29, 0.717) is 12.0 Å². The number of aromatic nitrogens is 4. The number of rotatable bonds is 4. The number of hydrogen-bond acceptors (Lipinski definition) is 5. The molecule has 34 heavy (non-hydrogen) atoms. The monoisotopic (exact) mass is 468 g/mol. The minimum absolute atomic E-state index is 0.354. The second kappa shape index (κ2) is 8.32. The molecule has 0 radical (unpaired) electrons. The standard InChI is InChI=1S/C27H28N6S/c1-2-5-16(4-1)26-29-14-22(32-26)17-8-10-24-21(12-17)31-19-9-7-18(13-25(19)34-24)23-15-30-27(33-23)20-6-3-11-28-20/h7-10,12-16,20,28,31H,1-6,11H2,(H,29,32)(H,30,33). The summed E-state index contributed by atoms with van der Waals surface area (Å²) in [5.41, 5.74) is 6.81. The Morgan fingerprint density at radius 1 is 0.735 bits per heavy atom. The van der Waals surface area contributed by atoms with E-state index in [2.05, 4.69) is 62.0 Å². The Morgan fingerprint density at radius 2 is 1.50 bits per heavy atom. The highest BCUT2D eigenvalue weighted by Crippen LogP contribution is 2.46. The van der Waals surface area contributed by atoms with E-state index in [1.54, 1.807) is 0 Å². The highest BCUT2D eigenvalue weighted by atomic mass is 32.2. The topological polar surface area (TPSA) is 81.4 Å². The molecule has 0 spiro atoms. The summed E-state index contributed by atoms with van der Waals surface area (Å²) in [6.07, 6.45) is 11.5. The molecule has 1 atom stereocenters. The molecule has 7 rings (SSSR count). The summed E-state index contributed by atoms with van der Waals surface area (Å²) >= 11 is 1.82. The van der Waals surface area contributed by atoms with Gasteiger partial charge in [0.2, 0.25) is 0 Å². The fraction of sp³-hybridized carbons (Fsp3) is 0.333. The summed E-state index contributed by atoms with van der Waals surface area (Å²) in [5, 5.41) is 7.17. The van der Waals surface area contributed by atoms with Crippen LogP contribution in [0.5, 0.6) is 0 Å². The third-order valence-electron chi connectivity index (χ3n) is 7.40. The molecule has 4 N–H and O–H groups in total. The van der Waals surface area contributed by atoms with E-state index < -0.39 is 0 Å². The van der Waals surface area contributed by atoms with Gasteiger partial charge in [-0.25, -0.2) is 9.97 Å². The zero-order valence-electron chi connectivity index (χ0n) is 19.0. The summed E-state index contributed by atoms with van der Waals surface area (Å²) in [4.78, 5) is 18.9. The lowest BCUT2D eigenvalue weighted by Crippen LogP contribution is -2.14. The molecule has 1 aliphatic carbocycles. The Morgan fingerprint density at radius 3 is 2.32 bits per heavy atom. The molecular weight excluding hydrogens is 440 g/mol. The largest absolute Gasteiger partial charge is 0.354 e. The van der Waals surface area contributed by atoms with Crippen LogP contribution in [0.2, 0.25) is 0 Å². The molecule has 7 heteroatoms. The zero-order valence-corrected chi connectivity index (χ0v) is 19.8. The van der Waals surface area contributed by atoms with Gasteiger partial charge in [0.1, 0.15) is 11.6 Å². The number of hydrogen-bond donors (Lipinski definition) is 4. The van der Waals surface area contributed by atoms with Crippen LogP contribution in [0.1, 0.15) is 62.1 Å². The third kappa shape index (κ3) is 3.63. The number of aromatic amines is 2. The zero-order chi connectivity index (χ0) is 22.5. The normalized spacial score (nSPS) is 19.7. The molecule has 2 aromatic heterocycles. The van der Waals surface area contributed by atoms with Crippen LogP contribution >= 0.6 is 11.8 Å². The number of benzene rings is 2. The molecule has 1 saturated heterocycles. The second-order valence-corrected chi connectivity index (χ2v) is 10.7. The smallest absolute Gasteiger partial charge is 0.123 e. The first-order valence-corrected chi connectivity index (χ1v) is 13.2. The van der Waals surface area contributed by atoms with Crippen molar-refractivity contribution < 1.29 is 0 Å². The summed E-state index contributed by atoms with van der Waals surface area (Å²) in [5.74, 6) is 2.79. The number of fused-ring (bicyclic) bond motifs is 2. The van der Waals surface area contributed by atoms with Gasteiger partial charge in [-0.1, -0.05) is 36.7 Å². The van der Waals surface area contributed by atoms with Crippen molar-refractivity contribution in [3.63, 3.8) is 0 Å². The number of H-pyrrole nitrogens is 2. The first-order chi connectivity index (χ1) is 16.8. The lowest BCUT2D eigenvalue weighted by molar-refractivity contribution is 0.613. The fourth-order valence-corrected chi connectivity index (χ4v) is 6.50. The van der Waals surface area contributed by atoms with Gasteiger partial charge in [0.15, 0.2) is 0 Å². The van der Waals surface area contributed by atoms with Crippen molar-refractivity contribution in [2.45, 2.75) is 60.3 Å². The molecule has 4 heterocycles. The molecule has 1 unspecified atom stereocenters. The summed E-state index contributed by atoms with van der Waals surface area (Å²) in [6.45, 7) is 1.07. The van der Waals surface area contributed by atoms with Crippen molar-refractivity contribution in [2.24, 2.45) is 0 Å². The first-order valence-electron chi connectivity index (χ1n) is 12.4. The first kappa shape index (κ1) is 20.4. The maximum absolute atomic E-state index is 4.69. The number of nitrogens with zero attached hydrogens (tertiary/aromatic N) is 2. The van der Waals surface area contributed by atoms with E-state index >= 15 is 0 Å². The fourth-order valence-electron chi connectivity index (χ4n) is 5.49. The predicted molar refractivity (Wildman–Crippen MR) is 137 cm³/mol. The maximum Gasteiger partial charge on any atom is 0.123 e. The molecule has 2 fully saturated rings. The average molecular weight is 469 g/mol. The highest BCUT2D eigenvalue weighted by Gasteiger charge is 2.22. The van der Waals surface area contributed by atoms with Gasteiger partial charge in [0, 0.05) is 26.8 Å². The Hall–Kier alpha value is -3.03. The Labute approximate surface area is 203 Å². The third-order valence-corrected chi connectivity index (χ3v) is 8.53. The second-order valence-electron chi connectivity index (χ2n) is 9.64. The van der Waals surface area contributed by atoms with Crippen LogP contribution in [0.3, 0.4) is 0 Å². The number of anilines is 2. The number of imidazole rings is 2. The van der Waals surface area contributed by atoms with Crippen LogP contribution in [0.25, 0.3) is 22.5 Å². The average Bonchev–Trinajstić information content (AvgIpc) is 3.68. The van der Waals surface area contributed by atoms with Gasteiger partial charge in [0.05, 0.1) is 41.2 Å². The van der Waals surface area contributed by atoms with E-state index in [1.165, 1.54) is 53.0 Å². The van der Waals surface area contributed by atoms with Crippen LogP contribution in [-0.4, -0.2) is 26.5 Å². The molecule has 4 aromatic rings. The van der Waals surface area contributed by atoms with E-state index in [4.69, 9.17) is 4.98 Å². The molecule has 0 amide bonds. The Bertz CT molecular complexity index is 1240.